The van der Waals surface area contributed by atoms with Gasteiger partial charge >= 0.3 is 5.97 Å². The van der Waals surface area contributed by atoms with Crippen molar-refractivity contribution in [2.24, 2.45) is 5.73 Å². The second-order valence-electron chi connectivity index (χ2n) is 4.21. The van der Waals surface area contributed by atoms with E-state index in [4.69, 9.17) is 15.6 Å². The molecule has 0 unspecified atom stereocenters. The molecule has 0 aromatic heterocycles. The lowest BCUT2D eigenvalue weighted by molar-refractivity contribution is -0.146. The average Bonchev–Trinajstić information content (AvgIpc) is 2.36. The zero-order valence-electron chi connectivity index (χ0n) is 11.0. The maximum absolute atomic E-state index is 11.8. The first-order valence-electron chi connectivity index (χ1n) is 5.86. The lowest BCUT2D eigenvalue weighted by Gasteiger charge is -2.19. The van der Waals surface area contributed by atoms with Crippen LogP contribution in [0.15, 0.2) is 24.3 Å². The molecule has 20 heavy (non-hydrogen) atoms. The summed E-state index contributed by atoms with van der Waals surface area (Å²) >= 11 is 0. The van der Waals surface area contributed by atoms with Crippen molar-refractivity contribution in [1.82, 2.24) is 4.90 Å². The number of ether oxygens (including phenoxy) is 1. The maximum atomic E-state index is 11.8. The number of aliphatic carboxylic acids is 1. The van der Waals surface area contributed by atoms with Crippen LogP contribution >= 0.6 is 0 Å². The minimum absolute atomic E-state index is 0.358. The van der Waals surface area contributed by atoms with Crippen molar-refractivity contribution >= 4 is 17.8 Å². The molecule has 0 saturated heterocycles. The van der Waals surface area contributed by atoms with Crippen molar-refractivity contribution in [3.63, 3.8) is 0 Å². The van der Waals surface area contributed by atoms with Crippen LogP contribution in [-0.2, 0) is 14.4 Å². The summed E-state index contributed by atoms with van der Waals surface area (Å²) in [5, 5.41) is 8.67. The van der Waals surface area contributed by atoms with Crippen LogP contribution in [0.2, 0.25) is 0 Å². The molecule has 0 bridgehead atoms. The predicted octanol–water partition coefficient (Wildman–Crippen LogP) is -0.228. The Kier molecular flexibility index (Phi) is 5.52. The molecule has 1 aromatic rings. The van der Waals surface area contributed by atoms with Crippen LogP contribution in [0.3, 0.4) is 0 Å². The van der Waals surface area contributed by atoms with E-state index in [0.717, 1.165) is 10.5 Å². The highest BCUT2D eigenvalue weighted by Gasteiger charge is 2.19. The number of primary amides is 1. The maximum Gasteiger partial charge on any atom is 0.323 e. The number of nitrogens with zero attached hydrogens (tertiary/aromatic N) is 1. The normalized spacial score (nSPS) is 9.85. The monoisotopic (exact) mass is 280 g/mol. The minimum atomic E-state index is -1.23. The van der Waals surface area contributed by atoms with E-state index in [-0.39, 0.29) is 6.61 Å². The molecule has 108 valence electrons. The van der Waals surface area contributed by atoms with E-state index in [1.54, 1.807) is 12.1 Å². The lowest BCUT2D eigenvalue weighted by atomic mass is 10.2. The Labute approximate surface area is 115 Å². The van der Waals surface area contributed by atoms with E-state index in [1.165, 1.54) is 0 Å². The molecular formula is C13H16N2O5. The smallest absolute Gasteiger partial charge is 0.323 e. The van der Waals surface area contributed by atoms with Gasteiger partial charge in [-0.1, -0.05) is 17.7 Å². The molecule has 0 aliphatic carbocycles. The van der Waals surface area contributed by atoms with E-state index in [9.17, 15) is 14.4 Å². The van der Waals surface area contributed by atoms with Gasteiger partial charge in [0.05, 0.1) is 0 Å². The number of hydrogen-bond donors (Lipinski definition) is 2. The fraction of sp³-hybridized carbons (Fsp3) is 0.308. The summed E-state index contributed by atoms with van der Waals surface area (Å²) in [5.74, 6) is -2.14. The van der Waals surface area contributed by atoms with Gasteiger partial charge in [0.25, 0.3) is 5.91 Å². The fourth-order valence-corrected chi connectivity index (χ4v) is 1.45. The largest absolute Gasteiger partial charge is 0.484 e. The van der Waals surface area contributed by atoms with Gasteiger partial charge in [-0.25, -0.2) is 0 Å². The third-order valence-corrected chi connectivity index (χ3v) is 2.41. The summed E-state index contributed by atoms with van der Waals surface area (Å²) in [4.78, 5) is 34.0. The number of carboxylic acid groups (broad SMARTS) is 1. The Bertz CT molecular complexity index is 482. The third kappa shape index (κ3) is 5.38. The molecule has 7 nitrogen and oxygen atoms in total. The van der Waals surface area contributed by atoms with Crippen LogP contribution in [0.5, 0.6) is 5.75 Å². The van der Waals surface area contributed by atoms with E-state index in [0.29, 0.717) is 5.75 Å². The Balaban J connectivity index is 2.58. The van der Waals surface area contributed by atoms with Crippen LogP contribution in [0.4, 0.5) is 0 Å². The molecule has 1 rings (SSSR count). The topological polar surface area (TPSA) is 110 Å². The molecule has 0 saturated carbocycles. The molecular weight excluding hydrogens is 264 g/mol. The van der Waals surface area contributed by atoms with Crippen LogP contribution in [0, 0.1) is 6.92 Å². The van der Waals surface area contributed by atoms with Gasteiger partial charge in [-0.3, -0.25) is 14.4 Å². The first-order valence-corrected chi connectivity index (χ1v) is 5.86. The van der Waals surface area contributed by atoms with Gasteiger partial charge in [0.15, 0.2) is 6.61 Å². The highest BCUT2D eigenvalue weighted by Crippen LogP contribution is 2.11. The predicted molar refractivity (Wildman–Crippen MR) is 70.1 cm³/mol. The zero-order valence-corrected chi connectivity index (χ0v) is 11.0. The molecule has 3 N–H and O–H groups in total. The summed E-state index contributed by atoms with van der Waals surface area (Å²) < 4.78 is 5.23. The van der Waals surface area contributed by atoms with Gasteiger partial charge in [0.1, 0.15) is 18.8 Å². The Morgan fingerprint density at radius 2 is 1.80 bits per heavy atom. The number of rotatable bonds is 7. The van der Waals surface area contributed by atoms with Gasteiger partial charge in [0.2, 0.25) is 5.91 Å². The van der Waals surface area contributed by atoms with Crippen molar-refractivity contribution < 1.29 is 24.2 Å². The molecule has 0 aliphatic rings. The van der Waals surface area contributed by atoms with E-state index in [1.807, 2.05) is 19.1 Å². The fourth-order valence-electron chi connectivity index (χ4n) is 1.45. The lowest BCUT2D eigenvalue weighted by Crippen LogP contribution is -2.43. The summed E-state index contributed by atoms with van der Waals surface area (Å²) in [7, 11) is 0. The third-order valence-electron chi connectivity index (χ3n) is 2.41. The second kappa shape index (κ2) is 7.13. The highest BCUT2D eigenvalue weighted by molar-refractivity contribution is 5.87. The summed E-state index contributed by atoms with van der Waals surface area (Å²) in [6.07, 6.45) is 0. The van der Waals surface area contributed by atoms with Crippen molar-refractivity contribution in [3.05, 3.63) is 29.8 Å². The van der Waals surface area contributed by atoms with Gasteiger partial charge in [-0.15, -0.1) is 0 Å². The number of hydrogen-bond acceptors (Lipinski definition) is 4. The molecule has 0 radical (unpaired) electrons. The molecule has 0 fully saturated rings. The summed E-state index contributed by atoms with van der Waals surface area (Å²) in [6.45, 7) is 0.501. The molecule has 0 spiro atoms. The van der Waals surface area contributed by atoms with E-state index >= 15 is 0 Å². The van der Waals surface area contributed by atoms with Crippen molar-refractivity contribution in [2.75, 3.05) is 19.7 Å². The first-order chi connectivity index (χ1) is 9.38. The van der Waals surface area contributed by atoms with E-state index in [2.05, 4.69) is 0 Å². The molecule has 0 heterocycles. The van der Waals surface area contributed by atoms with Crippen molar-refractivity contribution in [2.45, 2.75) is 6.92 Å². The first kappa shape index (κ1) is 15.5. The highest BCUT2D eigenvalue weighted by atomic mass is 16.5. The average molecular weight is 280 g/mol. The number of carboxylic acids is 1. The van der Waals surface area contributed by atoms with E-state index < -0.39 is 30.9 Å². The summed E-state index contributed by atoms with van der Waals surface area (Å²) in [5.41, 5.74) is 6.01. The standard InChI is InChI=1S/C13H16N2O5/c1-9-2-4-10(5-3-9)20-8-12(17)15(6-11(14)16)7-13(18)19/h2-5H,6-8H2,1H3,(H2,14,16)(H,18,19). The number of benzene rings is 1. The van der Waals surface area contributed by atoms with Gasteiger partial charge in [-0.05, 0) is 19.1 Å². The molecule has 0 atom stereocenters. The Hall–Kier alpha value is -2.57. The van der Waals surface area contributed by atoms with Crippen molar-refractivity contribution in [3.8, 4) is 5.75 Å². The molecule has 1 aromatic carbocycles. The Morgan fingerprint density at radius 3 is 2.30 bits per heavy atom. The van der Waals surface area contributed by atoms with Gasteiger partial charge in [0, 0.05) is 0 Å². The number of carbonyl (C=O) groups excluding carboxylic acids is 2. The SMILES string of the molecule is Cc1ccc(OCC(=O)N(CC(N)=O)CC(=O)O)cc1. The van der Waals surface area contributed by atoms with Gasteiger partial charge in [-0.2, -0.15) is 0 Å². The van der Waals surface area contributed by atoms with Crippen LogP contribution in [0.25, 0.3) is 0 Å². The Morgan fingerprint density at radius 1 is 1.20 bits per heavy atom. The molecule has 2 amide bonds. The quantitative estimate of drug-likeness (QED) is 0.717. The van der Waals surface area contributed by atoms with Gasteiger partial charge < -0.3 is 20.5 Å². The number of amides is 2. The minimum Gasteiger partial charge on any atom is -0.484 e. The van der Waals surface area contributed by atoms with Crippen molar-refractivity contribution in [1.29, 1.82) is 0 Å². The van der Waals surface area contributed by atoms with Crippen LogP contribution in [-0.4, -0.2) is 47.5 Å². The number of aryl methyl sites for hydroxylation is 1. The van der Waals surface area contributed by atoms with Crippen LogP contribution < -0.4 is 10.5 Å². The second-order valence-corrected chi connectivity index (χ2v) is 4.21. The number of carbonyl (C=O) groups is 3. The molecule has 0 aliphatic heterocycles. The number of nitrogens with two attached hydrogens (primary N) is 1. The molecule has 7 heteroatoms. The zero-order chi connectivity index (χ0) is 15.1. The van der Waals surface area contributed by atoms with Crippen LogP contribution in [0.1, 0.15) is 5.56 Å². The summed E-state index contributed by atoms with van der Waals surface area (Å²) in [6, 6.07) is 7.02.